The van der Waals surface area contributed by atoms with Gasteiger partial charge in [-0.25, -0.2) is 14.1 Å². The van der Waals surface area contributed by atoms with Gasteiger partial charge < -0.3 is 0 Å². The van der Waals surface area contributed by atoms with Crippen LogP contribution in [0.25, 0.3) is 5.82 Å². The average Bonchev–Trinajstić information content (AvgIpc) is 2.69. The molecule has 0 aliphatic carbocycles. The molecule has 6 heteroatoms. The maximum absolute atomic E-state index is 12.7. The molecule has 2 heterocycles. The van der Waals surface area contributed by atoms with Crippen LogP contribution in [0.4, 0.5) is 4.39 Å². The first-order valence-electron chi connectivity index (χ1n) is 4.67. The van der Waals surface area contributed by atoms with Crippen molar-refractivity contribution in [2.45, 2.75) is 6.92 Å². The van der Waals surface area contributed by atoms with E-state index in [1.54, 1.807) is 10.7 Å². The topological polar surface area (TPSA) is 30.7 Å². The Hall–Kier alpha value is -1.07. The minimum atomic E-state index is -0.362. The highest BCUT2D eigenvalue weighted by molar-refractivity contribution is 14.2. The van der Waals surface area contributed by atoms with Gasteiger partial charge in [-0.2, -0.15) is 5.10 Å². The van der Waals surface area contributed by atoms with Crippen molar-refractivity contribution in [3.63, 3.8) is 0 Å². The monoisotopic (exact) mass is 359 g/mol. The molecule has 0 spiro atoms. The van der Waals surface area contributed by atoms with E-state index in [1.165, 1.54) is 21.2 Å². The number of hydrogen-bond donors (Lipinski definition) is 0. The van der Waals surface area contributed by atoms with Crippen molar-refractivity contribution in [3.05, 3.63) is 41.6 Å². The summed E-state index contributed by atoms with van der Waals surface area (Å²) in [5.41, 5.74) is 1.68. The Bertz CT molecular complexity index is 583. The highest BCUT2D eigenvalue weighted by Gasteiger charge is 2.05. The van der Waals surface area contributed by atoms with Crippen LogP contribution in [0.2, 0.25) is 0 Å². The summed E-state index contributed by atoms with van der Waals surface area (Å²) >= 11 is 2.10. The first kappa shape index (κ1) is 12.4. The second-order valence-corrected chi connectivity index (χ2v) is 4.92. The highest BCUT2D eigenvalue weighted by atomic mass is 127. The van der Waals surface area contributed by atoms with Gasteiger partial charge in [0.1, 0.15) is 11.5 Å². The second kappa shape index (κ2) is 5.51. The van der Waals surface area contributed by atoms with E-state index >= 15 is 0 Å². The second-order valence-electron chi connectivity index (χ2n) is 3.24. The number of aromatic nitrogens is 3. The van der Waals surface area contributed by atoms with Crippen LogP contribution in [-0.2, 0) is 0 Å². The number of pyridine rings is 1. The molecule has 0 amide bonds. The molecule has 17 heavy (non-hydrogen) atoms. The molecule has 0 bridgehead atoms. The van der Waals surface area contributed by atoms with Gasteiger partial charge in [-0.1, -0.05) is 0 Å². The smallest absolute Gasteiger partial charge is 0.153 e. The van der Waals surface area contributed by atoms with Gasteiger partial charge in [0.25, 0.3) is 0 Å². The van der Waals surface area contributed by atoms with Crippen LogP contribution in [0.1, 0.15) is 11.3 Å². The van der Waals surface area contributed by atoms with Crippen LogP contribution in [-0.4, -0.2) is 14.8 Å². The van der Waals surface area contributed by atoms with Crippen LogP contribution < -0.4 is 0 Å². The number of hydrogen-bond acceptors (Lipinski definition) is 3. The molecule has 0 aliphatic rings. The summed E-state index contributed by atoms with van der Waals surface area (Å²) in [6, 6.07) is 2.93. The van der Waals surface area contributed by atoms with Crippen LogP contribution in [0.3, 0.4) is 0 Å². The fourth-order valence-corrected chi connectivity index (χ4v) is 1.74. The predicted molar refractivity (Wildman–Crippen MR) is 74.5 cm³/mol. The minimum Gasteiger partial charge on any atom is -0.234 e. The Kier molecular flexibility index (Phi) is 4.02. The standard InChI is InChI=1S/C11H7FIN3S/c1-8-7-16(15-10(8)4-5-17-13)11-3-2-9(12)6-14-11/h2-3,6-7H,1H3. The van der Waals surface area contributed by atoms with E-state index < -0.39 is 0 Å². The maximum Gasteiger partial charge on any atom is 0.153 e. The third-order valence-corrected chi connectivity index (χ3v) is 2.89. The molecule has 2 rings (SSSR count). The van der Waals surface area contributed by atoms with Crippen LogP contribution in [0.15, 0.2) is 24.5 Å². The van der Waals surface area contributed by atoms with Crippen molar-refractivity contribution in [1.29, 1.82) is 0 Å². The number of rotatable bonds is 1. The third-order valence-electron chi connectivity index (χ3n) is 2.05. The van der Waals surface area contributed by atoms with E-state index in [9.17, 15) is 4.39 Å². The van der Waals surface area contributed by atoms with Gasteiger partial charge in [-0.05, 0) is 39.2 Å². The van der Waals surface area contributed by atoms with E-state index in [4.69, 9.17) is 0 Å². The lowest BCUT2D eigenvalue weighted by Gasteiger charge is -1.98. The molecule has 0 saturated heterocycles. The summed E-state index contributed by atoms with van der Waals surface area (Å²) in [6.45, 7) is 1.93. The van der Waals surface area contributed by atoms with Crippen molar-refractivity contribution in [1.82, 2.24) is 14.8 Å². The molecule has 0 atom stereocenters. The normalized spacial score (nSPS) is 9.82. The van der Waals surface area contributed by atoms with E-state index in [0.717, 1.165) is 5.56 Å². The van der Waals surface area contributed by atoms with Crippen LogP contribution >= 0.6 is 30.1 Å². The summed E-state index contributed by atoms with van der Waals surface area (Å²) in [5, 5.41) is 7.17. The molecule has 0 aliphatic heterocycles. The largest absolute Gasteiger partial charge is 0.234 e. The fourth-order valence-electron chi connectivity index (χ4n) is 1.27. The lowest BCUT2D eigenvalue weighted by atomic mass is 10.3. The molecular weight excluding hydrogens is 352 g/mol. The van der Waals surface area contributed by atoms with E-state index in [-0.39, 0.29) is 5.82 Å². The molecule has 86 valence electrons. The molecule has 0 N–H and O–H groups in total. The van der Waals surface area contributed by atoms with E-state index in [0.29, 0.717) is 11.5 Å². The molecule has 2 aromatic rings. The van der Waals surface area contributed by atoms with Crippen molar-refractivity contribution in [2.24, 2.45) is 0 Å². The fraction of sp³-hybridized carbons (Fsp3) is 0.0909. The van der Waals surface area contributed by atoms with E-state index in [1.807, 2.05) is 13.1 Å². The Balaban J connectivity index is 2.37. The van der Waals surface area contributed by atoms with Crippen LogP contribution in [0.5, 0.6) is 0 Å². The van der Waals surface area contributed by atoms with Gasteiger partial charge in [0.2, 0.25) is 0 Å². The summed E-state index contributed by atoms with van der Waals surface area (Å²) in [7, 11) is 1.41. The van der Waals surface area contributed by atoms with Gasteiger partial charge in [0.15, 0.2) is 5.82 Å². The number of aryl methyl sites for hydroxylation is 1. The molecular formula is C11H7FIN3S. The molecule has 0 aromatic carbocycles. The van der Waals surface area contributed by atoms with Crippen LogP contribution in [0, 0.1) is 23.9 Å². The molecule has 0 radical (unpaired) electrons. The highest BCUT2D eigenvalue weighted by Crippen LogP contribution is 2.11. The maximum atomic E-state index is 12.7. The first-order valence-corrected chi connectivity index (χ1v) is 8.03. The minimum absolute atomic E-state index is 0.362. The molecule has 0 fully saturated rings. The Labute approximate surface area is 114 Å². The first-order chi connectivity index (χ1) is 8.20. The SMILES string of the molecule is Cc1cn(-c2ccc(F)cn2)nc1C#CSI. The van der Waals surface area contributed by atoms with Gasteiger partial charge in [0, 0.05) is 33.0 Å². The zero-order valence-electron chi connectivity index (χ0n) is 8.82. The Morgan fingerprint density at radius 3 is 2.94 bits per heavy atom. The number of halogens is 2. The van der Waals surface area contributed by atoms with Gasteiger partial charge in [-0.15, -0.1) is 0 Å². The zero-order valence-corrected chi connectivity index (χ0v) is 11.8. The van der Waals surface area contributed by atoms with Crippen molar-refractivity contribution in [3.8, 4) is 17.0 Å². The molecule has 2 aromatic heterocycles. The van der Waals surface area contributed by atoms with Crippen molar-refractivity contribution < 1.29 is 4.39 Å². The molecule has 0 saturated carbocycles. The van der Waals surface area contributed by atoms with Crippen molar-refractivity contribution >= 4 is 30.1 Å². The summed E-state index contributed by atoms with van der Waals surface area (Å²) in [4.78, 5) is 3.95. The van der Waals surface area contributed by atoms with Gasteiger partial charge in [0.05, 0.1) is 6.20 Å². The molecule has 0 unspecified atom stereocenters. The third kappa shape index (κ3) is 2.98. The van der Waals surface area contributed by atoms with Gasteiger partial charge in [-0.3, -0.25) is 0 Å². The lowest BCUT2D eigenvalue weighted by Crippen LogP contribution is -1.98. The summed E-state index contributed by atoms with van der Waals surface area (Å²) in [6.07, 6.45) is 2.99. The van der Waals surface area contributed by atoms with E-state index in [2.05, 4.69) is 42.5 Å². The molecule has 3 nitrogen and oxygen atoms in total. The summed E-state index contributed by atoms with van der Waals surface area (Å²) < 4.78 is 14.3. The van der Waals surface area contributed by atoms with Gasteiger partial charge >= 0.3 is 0 Å². The van der Waals surface area contributed by atoms with Crippen molar-refractivity contribution in [2.75, 3.05) is 0 Å². The lowest BCUT2D eigenvalue weighted by molar-refractivity contribution is 0.619. The Morgan fingerprint density at radius 2 is 2.29 bits per heavy atom. The zero-order chi connectivity index (χ0) is 12.3. The quantitative estimate of drug-likeness (QED) is 0.579. The Morgan fingerprint density at radius 1 is 1.47 bits per heavy atom. The number of nitrogens with zero attached hydrogens (tertiary/aromatic N) is 3. The predicted octanol–water partition coefficient (Wildman–Crippen LogP) is 3.11. The average molecular weight is 359 g/mol. The summed E-state index contributed by atoms with van der Waals surface area (Å²) in [5.74, 6) is 3.15.